The first-order valence-electron chi connectivity index (χ1n) is 7.41. The van der Waals surface area contributed by atoms with Gasteiger partial charge in [0.25, 0.3) is 0 Å². The number of amidine groups is 1. The molecule has 0 fully saturated rings. The number of aliphatic hydroxyl groups excluding tert-OH is 1. The number of hydrogen-bond acceptors (Lipinski definition) is 3. The molecule has 0 aromatic heterocycles. The van der Waals surface area contributed by atoms with Crippen molar-refractivity contribution >= 4 is 5.84 Å². The fraction of sp³-hybridized carbons (Fsp3) is 0.800. The first kappa shape index (κ1) is 15.2. The molecule has 0 aromatic rings. The molecule has 0 amide bonds. The molecule has 0 bridgehead atoms. The lowest BCUT2D eigenvalue weighted by Gasteiger charge is -2.21. The molecule has 18 heavy (non-hydrogen) atoms. The number of hydrogen-bond donors (Lipinski definition) is 1. The number of nitrogens with zero attached hydrogens (tertiary/aromatic N) is 2. The van der Waals surface area contributed by atoms with Crippen LogP contribution in [-0.2, 0) is 0 Å². The van der Waals surface area contributed by atoms with Gasteiger partial charge in [-0.25, -0.2) is 0 Å². The van der Waals surface area contributed by atoms with E-state index >= 15 is 0 Å². The van der Waals surface area contributed by atoms with Crippen molar-refractivity contribution in [3.05, 3.63) is 12.2 Å². The molecule has 0 saturated heterocycles. The summed E-state index contributed by atoms with van der Waals surface area (Å²) < 4.78 is 0. The smallest absolute Gasteiger partial charge is 0.125 e. The summed E-state index contributed by atoms with van der Waals surface area (Å²) >= 11 is 0. The summed E-state index contributed by atoms with van der Waals surface area (Å²) in [5.41, 5.74) is 0. The Morgan fingerprint density at radius 1 is 1.28 bits per heavy atom. The summed E-state index contributed by atoms with van der Waals surface area (Å²) in [7, 11) is 0. The van der Waals surface area contributed by atoms with E-state index in [0.717, 1.165) is 25.3 Å². The highest BCUT2D eigenvalue weighted by atomic mass is 16.3. The molecule has 0 aliphatic carbocycles. The summed E-state index contributed by atoms with van der Waals surface area (Å²) in [5, 5.41) is 9.56. The topological polar surface area (TPSA) is 35.8 Å². The fourth-order valence-corrected chi connectivity index (χ4v) is 2.24. The van der Waals surface area contributed by atoms with Crippen LogP contribution >= 0.6 is 0 Å². The molecule has 1 atom stereocenters. The molecular weight excluding hydrogens is 224 g/mol. The molecule has 104 valence electrons. The molecule has 0 aromatic carbocycles. The van der Waals surface area contributed by atoms with Gasteiger partial charge in [-0.1, -0.05) is 45.1 Å². The number of aliphatic hydroxyl groups is 1. The first-order valence-corrected chi connectivity index (χ1v) is 7.41. The number of aliphatic imine (C=N–C) groups is 1. The Hall–Kier alpha value is -0.830. The van der Waals surface area contributed by atoms with Gasteiger partial charge in [-0.05, 0) is 25.8 Å². The van der Waals surface area contributed by atoms with Crippen molar-refractivity contribution in [3.8, 4) is 0 Å². The fourth-order valence-electron chi connectivity index (χ4n) is 2.24. The van der Waals surface area contributed by atoms with Gasteiger partial charge in [0.2, 0.25) is 0 Å². The van der Waals surface area contributed by atoms with Gasteiger partial charge in [0.1, 0.15) is 12.1 Å². The van der Waals surface area contributed by atoms with Crippen molar-refractivity contribution < 1.29 is 5.11 Å². The number of rotatable bonds is 9. The maximum atomic E-state index is 9.56. The predicted molar refractivity (Wildman–Crippen MR) is 77.8 cm³/mol. The second-order valence-electron chi connectivity index (χ2n) is 5.02. The lowest BCUT2D eigenvalue weighted by molar-refractivity contribution is 0.0788. The monoisotopic (exact) mass is 252 g/mol. The molecule has 1 aliphatic rings. The zero-order valence-corrected chi connectivity index (χ0v) is 11.9. The van der Waals surface area contributed by atoms with Gasteiger partial charge >= 0.3 is 0 Å². The van der Waals surface area contributed by atoms with Crippen LogP contribution in [0.4, 0.5) is 0 Å². The number of allylic oxidation sites excluding steroid dienone is 1. The van der Waals surface area contributed by atoms with Crippen LogP contribution in [0.15, 0.2) is 17.1 Å². The van der Waals surface area contributed by atoms with Crippen molar-refractivity contribution in [1.82, 2.24) is 4.90 Å². The number of unbranched alkanes of at least 4 members (excludes halogenated alkanes) is 6. The third-order valence-electron chi connectivity index (χ3n) is 3.35. The minimum atomic E-state index is -0.426. The first-order chi connectivity index (χ1) is 8.75. The Morgan fingerprint density at radius 3 is 2.72 bits per heavy atom. The van der Waals surface area contributed by atoms with Crippen LogP contribution in [0.2, 0.25) is 0 Å². The SMILES string of the molecule is CCCCCCCC/C=C/C1=NCCN1C(C)O. The van der Waals surface area contributed by atoms with Crippen LogP contribution in [-0.4, -0.2) is 35.2 Å². The summed E-state index contributed by atoms with van der Waals surface area (Å²) in [4.78, 5) is 6.33. The molecule has 0 saturated carbocycles. The van der Waals surface area contributed by atoms with E-state index in [1.54, 1.807) is 6.92 Å². The quantitative estimate of drug-likeness (QED) is 0.639. The second-order valence-corrected chi connectivity index (χ2v) is 5.02. The molecular formula is C15H28N2O. The largest absolute Gasteiger partial charge is 0.374 e. The maximum absolute atomic E-state index is 9.56. The van der Waals surface area contributed by atoms with Crippen LogP contribution < -0.4 is 0 Å². The zero-order valence-electron chi connectivity index (χ0n) is 11.9. The van der Waals surface area contributed by atoms with Gasteiger partial charge in [0.05, 0.1) is 6.54 Å². The van der Waals surface area contributed by atoms with E-state index in [1.807, 2.05) is 4.90 Å². The minimum Gasteiger partial charge on any atom is -0.374 e. The lowest BCUT2D eigenvalue weighted by atomic mass is 10.1. The Morgan fingerprint density at radius 2 is 2.00 bits per heavy atom. The van der Waals surface area contributed by atoms with E-state index in [0.29, 0.717) is 0 Å². The normalized spacial score (nSPS) is 17.5. The summed E-state index contributed by atoms with van der Waals surface area (Å²) in [6.07, 6.45) is 13.0. The van der Waals surface area contributed by atoms with Gasteiger partial charge < -0.3 is 10.0 Å². The van der Waals surface area contributed by atoms with Crippen LogP contribution in [0.3, 0.4) is 0 Å². The average molecular weight is 252 g/mol. The minimum absolute atomic E-state index is 0.426. The molecule has 0 spiro atoms. The van der Waals surface area contributed by atoms with Gasteiger partial charge in [0.15, 0.2) is 0 Å². The molecule has 1 N–H and O–H groups in total. The third kappa shape index (κ3) is 5.67. The van der Waals surface area contributed by atoms with Crippen molar-refractivity contribution in [3.63, 3.8) is 0 Å². The molecule has 1 heterocycles. The van der Waals surface area contributed by atoms with Crippen molar-refractivity contribution in [1.29, 1.82) is 0 Å². The van der Waals surface area contributed by atoms with E-state index in [9.17, 15) is 5.11 Å². The highest BCUT2D eigenvalue weighted by molar-refractivity contribution is 5.94. The average Bonchev–Trinajstić information content (AvgIpc) is 2.81. The Labute approximate surface area is 112 Å². The van der Waals surface area contributed by atoms with Crippen LogP contribution in [0, 0.1) is 0 Å². The van der Waals surface area contributed by atoms with Crippen LogP contribution in [0.5, 0.6) is 0 Å². The highest BCUT2D eigenvalue weighted by Gasteiger charge is 2.17. The van der Waals surface area contributed by atoms with Crippen LogP contribution in [0.1, 0.15) is 58.8 Å². The molecule has 1 rings (SSSR count). The van der Waals surface area contributed by atoms with Crippen molar-refractivity contribution in [2.45, 2.75) is 65.0 Å². The van der Waals surface area contributed by atoms with E-state index in [2.05, 4.69) is 24.1 Å². The second kappa shape index (κ2) is 9.15. The lowest BCUT2D eigenvalue weighted by Crippen LogP contribution is -2.34. The molecule has 3 nitrogen and oxygen atoms in total. The van der Waals surface area contributed by atoms with Gasteiger partial charge in [0, 0.05) is 6.54 Å². The maximum Gasteiger partial charge on any atom is 0.125 e. The molecule has 3 heteroatoms. The van der Waals surface area contributed by atoms with Crippen molar-refractivity contribution in [2.24, 2.45) is 4.99 Å². The molecule has 1 aliphatic heterocycles. The van der Waals surface area contributed by atoms with E-state index < -0.39 is 6.23 Å². The predicted octanol–water partition coefficient (Wildman–Crippen LogP) is 3.35. The third-order valence-corrected chi connectivity index (χ3v) is 3.35. The zero-order chi connectivity index (χ0) is 13.2. The summed E-state index contributed by atoms with van der Waals surface area (Å²) in [6.45, 7) is 5.69. The highest BCUT2D eigenvalue weighted by Crippen LogP contribution is 2.09. The van der Waals surface area contributed by atoms with E-state index in [-0.39, 0.29) is 0 Å². The van der Waals surface area contributed by atoms with E-state index in [4.69, 9.17) is 0 Å². The van der Waals surface area contributed by atoms with Crippen LogP contribution in [0.25, 0.3) is 0 Å². The van der Waals surface area contributed by atoms with Gasteiger partial charge in [-0.15, -0.1) is 0 Å². The van der Waals surface area contributed by atoms with Gasteiger partial charge in [-0.2, -0.15) is 0 Å². The Kier molecular flexibility index (Phi) is 7.74. The Bertz CT molecular complexity index is 272. The van der Waals surface area contributed by atoms with Gasteiger partial charge in [-0.3, -0.25) is 4.99 Å². The summed E-state index contributed by atoms with van der Waals surface area (Å²) in [6, 6.07) is 0. The Balaban J connectivity index is 2.09. The standard InChI is InChI=1S/C15H28N2O/c1-3-4-5-6-7-8-9-10-11-15-16-12-13-17(15)14(2)18/h10-11,14,18H,3-9,12-13H2,1-2H3/b11-10+. The molecule has 0 radical (unpaired) electrons. The summed E-state index contributed by atoms with van der Waals surface area (Å²) in [5.74, 6) is 0.941. The molecule has 1 unspecified atom stereocenters. The van der Waals surface area contributed by atoms with E-state index in [1.165, 1.54) is 38.5 Å². The van der Waals surface area contributed by atoms with Crippen molar-refractivity contribution in [2.75, 3.05) is 13.1 Å².